The van der Waals surface area contributed by atoms with Gasteiger partial charge in [-0.15, -0.1) is 0 Å². The number of rotatable bonds is 4. The quantitative estimate of drug-likeness (QED) is 0.928. The van der Waals surface area contributed by atoms with Crippen molar-refractivity contribution >= 4 is 11.9 Å². The second kappa shape index (κ2) is 7.09. The molecule has 1 N–H and O–H groups in total. The van der Waals surface area contributed by atoms with Gasteiger partial charge in [0, 0.05) is 18.8 Å². The first-order chi connectivity index (χ1) is 12.0. The molecule has 2 aromatic rings. The standard InChI is InChI=1S/C19H23N3O3/c1-13(2)17-11-16(20-22(17)15-8-4-3-5-9-15)18(23)21-10-6-7-14(12-21)19(24)25/h3-5,8-9,11,13-14H,6-7,10,12H2,1-2H3,(H,24,25). The van der Waals surface area contributed by atoms with Crippen molar-refractivity contribution in [3.05, 3.63) is 47.8 Å². The second-order valence-corrected chi connectivity index (χ2v) is 6.79. The van der Waals surface area contributed by atoms with E-state index < -0.39 is 11.9 Å². The van der Waals surface area contributed by atoms with Gasteiger partial charge >= 0.3 is 5.97 Å². The number of carbonyl (C=O) groups excluding carboxylic acids is 1. The highest BCUT2D eigenvalue weighted by atomic mass is 16.4. The van der Waals surface area contributed by atoms with Crippen LogP contribution in [0.3, 0.4) is 0 Å². The lowest BCUT2D eigenvalue weighted by Crippen LogP contribution is -2.42. The Kier molecular flexibility index (Phi) is 4.88. The van der Waals surface area contributed by atoms with E-state index in [-0.39, 0.29) is 18.4 Å². The Hall–Kier alpha value is -2.63. The van der Waals surface area contributed by atoms with Gasteiger partial charge in [0.1, 0.15) is 0 Å². The minimum Gasteiger partial charge on any atom is -0.481 e. The molecule has 132 valence electrons. The molecule has 1 aromatic heterocycles. The average molecular weight is 341 g/mol. The molecule has 1 aromatic carbocycles. The van der Waals surface area contributed by atoms with Crippen LogP contribution in [0.4, 0.5) is 0 Å². The number of nitrogens with zero attached hydrogens (tertiary/aromatic N) is 3. The fourth-order valence-electron chi connectivity index (χ4n) is 3.21. The monoisotopic (exact) mass is 341 g/mol. The number of piperidine rings is 1. The van der Waals surface area contributed by atoms with Gasteiger partial charge in [-0.25, -0.2) is 4.68 Å². The molecule has 2 heterocycles. The average Bonchev–Trinajstić information content (AvgIpc) is 3.07. The van der Waals surface area contributed by atoms with Crippen LogP contribution in [0.15, 0.2) is 36.4 Å². The number of carboxylic acids is 1. The van der Waals surface area contributed by atoms with Crippen LogP contribution in [-0.4, -0.2) is 44.8 Å². The number of likely N-dealkylation sites (tertiary alicyclic amines) is 1. The van der Waals surface area contributed by atoms with E-state index in [4.69, 9.17) is 0 Å². The summed E-state index contributed by atoms with van der Waals surface area (Å²) < 4.78 is 1.80. The molecule has 1 aliphatic rings. The summed E-state index contributed by atoms with van der Waals surface area (Å²) in [7, 11) is 0. The highest BCUT2D eigenvalue weighted by Crippen LogP contribution is 2.23. The first-order valence-corrected chi connectivity index (χ1v) is 8.65. The van der Waals surface area contributed by atoms with Crippen molar-refractivity contribution in [2.24, 2.45) is 5.92 Å². The topological polar surface area (TPSA) is 75.4 Å². The van der Waals surface area contributed by atoms with Crippen LogP contribution in [0.25, 0.3) is 5.69 Å². The van der Waals surface area contributed by atoms with Crippen LogP contribution >= 0.6 is 0 Å². The Labute approximate surface area is 147 Å². The van der Waals surface area contributed by atoms with Gasteiger partial charge in [-0.05, 0) is 37.0 Å². The first kappa shape index (κ1) is 17.2. The van der Waals surface area contributed by atoms with Crippen LogP contribution in [0.5, 0.6) is 0 Å². The van der Waals surface area contributed by atoms with Crippen molar-refractivity contribution in [1.29, 1.82) is 0 Å². The van der Waals surface area contributed by atoms with Crippen molar-refractivity contribution < 1.29 is 14.7 Å². The van der Waals surface area contributed by atoms with E-state index in [1.807, 2.05) is 36.4 Å². The summed E-state index contributed by atoms with van der Waals surface area (Å²) in [5.74, 6) is -1.31. The van der Waals surface area contributed by atoms with E-state index >= 15 is 0 Å². The Balaban J connectivity index is 1.90. The third kappa shape index (κ3) is 3.57. The van der Waals surface area contributed by atoms with Crippen LogP contribution in [0.1, 0.15) is 48.8 Å². The van der Waals surface area contributed by atoms with Crippen LogP contribution in [-0.2, 0) is 4.79 Å². The zero-order chi connectivity index (χ0) is 18.0. The summed E-state index contributed by atoms with van der Waals surface area (Å²) in [6.45, 7) is 4.96. The highest BCUT2D eigenvalue weighted by molar-refractivity contribution is 5.93. The normalized spacial score (nSPS) is 17.7. The molecule has 1 aliphatic heterocycles. The molecule has 0 spiro atoms. The smallest absolute Gasteiger partial charge is 0.308 e. The van der Waals surface area contributed by atoms with E-state index in [1.54, 1.807) is 9.58 Å². The van der Waals surface area contributed by atoms with Crippen molar-refractivity contribution in [3.8, 4) is 5.69 Å². The molecular weight excluding hydrogens is 318 g/mol. The molecule has 0 radical (unpaired) electrons. The predicted molar refractivity (Wildman–Crippen MR) is 93.9 cm³/mol. The van der Waals surface area contributed by atoms with E-state index in [9.17, 15) is 14.7 Å². The maximum Gasteiger partial charge on any atom is 0.308 e. The van der Waals surface area contributed by atoms with Gasteiger partial charge in [0.15, 0.2) is 5.69 Å². The minimum absolute atomic E-state index is 0.192. The number of aliphatic carboxylic acids is 1. The van der Waals surface area contributed by atoms with Gasteiger partial charge in [-0.2, -0.15) is 5.10 Å². The number of carboxylic acid groups (broad SMARTS) is 1. The molecule has 0 aliphatic carbocycles. The molecule has 0 bridgehead atoms. The lowest BCUT2D eigenvalue weighted by atomic mass is 9.98. The number of para-hydroxylation sites is 1. The lowest BCUT2D eigenvalue weighted by Gasteiger charge is -2.30. The van der Waals surface area contributed by atoms with E-state index in [1.165, 1.54) is 0 Å². The SMILES string of the molecule is CC(C)c1cc(C(=O)N2CCCC(C(=O)O)C2)nn1-c1ccccc1. The zero-order valence-corrected chi connectivity index (χ0v) is 14.6. The molecule has 0 saturated carbocycles. The number of hydrogen-bond donors (Lipinski definition) is 1. The summed E-state index contributed by atoms with van der Waals surface area (Å²) in [5.41, 5.74) is 2.24. The molecule has 25 heavy (non-hydrogen) atoms. The third-order valence-corrected chi connectivity index (χ3v) is 4.61. The maximum atomic E-state index is 12.8. The Bertz CT molecular complexity index is 767. The summed E-state index contributed by atoms with van der Waals surface area (Å²) in [5, 5.41) is 13.7. The summed E-state index contributed by atoms with van der Waals surface area (Å²) >= 11 is 0. The molecule has 1 atom stereocenters. The number of benzene rings is 1. The Morgan fingerprint density at radius 3 is 2.60 bits per heavy atom. The van der Waals surface area contributed by atoms with Gasteiger partial charge in [-0.1, -0.05) is 32.0 Å². The molecule has 1 unspecified atom stereocenters. The first-order valence-electron chi connectivity index (χ1n) is 8.65. The van der Waals surface area contributed by atoms with Crippen molar-refractivity contribution in [2.45, 2.75) is 32.6 Å². The molecule has 6 nitrogen and oxygen atoms in total. The Morgan fingerprint density at radius 1 is 1.24 bits per heavy atom. The number of carbonyl (C=O) groups is 2. The lowest BCUT2D eigenvalue weighted by molar-refractivity contribution is -0.143. The molecule has 6 heteroatoms. The highest BCUT2D eigenvalue weighted by Gasteiger charge is 2.30. The second-order valence-electron chi connectivity index (χ2n) is 6.79. The molecule has 1 saturated heterocycles. The molecule has 3 rings (SSSR count). The van der Waals surface area contributed by atoms with Gasteiger partial charge in [0.25, 0.3) is 5.91 Å². The maximum absolute atomic E-state index is 12.8. The summed E-state index contributed by atoms with van der Waals surface area (Å²) in [6.07, 6.45) is 1.33. The fraction of sp³-hybridized carbons (Fsp3) is 0.421. The van der Waals surface area contributed by atoms with Crippen molar-refractivity contribution in [2.75, 3.05) is 13.1 Å². The largest absolute Gasteiger partial charge is 0.481 e. The summed E-state index contributed by atoms with van der Waals surface area (Å²) in [4.78, 5) is 25.7. The predicted octanol–water partition coefficient (Wildman–Crippen LogP) is 2.93. The molecule has 1 fully saturated rings. The van der Waals surface area contributed by atoms with E-state index in [2.05, 4.69) is 18.9 Å². The number of amides is 1. The van der Waals surface area contributed by atoms with Crippen LogP contribution in [0.2, 0.25) is 0 Å². The van der Waals surface area contributed by atoms with Crippen molar-refractivity contribution in [1.82, 2.24) is 14.7 Å². The fourth-order valence-corrected chi connectivity index (χ4v) is 3.21. The number of aromatic nitrogens is 2. The Morgan fingerprint density at radius 2 is 1.96 bits per heavy atom. The van der Waals surface area contributed by atoms with E-state index in [0.717, 1.165) is 11.4 Å². The van der Waals surface area contributed by atoms with E-state index in [0.29, 0.717) is 25.1 Å². The van der Waals surface area contributed by atoms with Crippen LogP contribution in [0, 0.1) is 5.92 Å². The zero-order valence-electron chi connectivity index (χ0n) is 14.6. The molecular formula is C19H23N3O3. The molecule has 1 amide bonds. The van der Waals surface area contributed by atoms with Gasteiger partial charge in [0.2, 0.25) is 0 Å². The van der Waals surface area contributed by atoms with Crippen LogP contribution < -0.4 is 0 Å². The van der Waals surface area contributed by atoms with Crippen molar-refractivity contribution in [3.63, 3.8) is 0 Å². The van der Waals surface area contributed by atoms with Gasteiger partial charge in [0.05, 0.1) is 11.6 Å². The van der Waals surface area contributed by atoms with Gasteiger partial charge in [-0.3, -0.25) is 9.59 Å². The number of hydrogen-bond acceptors (Lipinski definition) is 3. The third-order valence-electron chi connectivity index (χ3n) is 4.61. The van der Waals surface area contributed by atoms with Gasteiger partial charge < -0.3 is 10.0 Å². The minimum atomic E-state index is -0.838. The summed E-state index contributed by atoms with van der Waals surface area (Å²) in [6, 6.07) is 11.5.